The molecule has 0 aliphatic heterocycles. The average molecular weight is 191 g/mol. The van der Waals surface area contributed by atoms with Gasteiger partial charge in [0.2, 0.25) is 0 Å². The lowest BCUT2D eigenvalue weighted by Crippen LogP contribution is -2.16. The van der Waals surface area contributed by atoms with Crippen molar-refractivity contribution >= 4 is 17.1 Å². The largest absolute Gasteiger partial charge is 0.452 e. The number of aromatic nitrogens is 3. The zero-order chi connectivity index (χ0) is 9.97. The van der Waals surface area contributed by atoms with Crippen molar-refractivity contribution in [3.63, 3.8) is 0 Å². The van der Waals surface area contributed by atoms with Gasteiger partial charge < -0.3 is 4.74 Å². The highest BCUT2D eigenvalue weighted by atomic mass is 16.6. The molecule has 1 aromatic heterocycles. The molecule has 0 saturated heterocycles. The maximum atomic E-state index is 11.2. The van der Waals surface area contributed by atoms with Crippen LogP contribution in [0.15, 0.2) is 24.3 Å². The van der Waals surface area contributed by atoms with Crippen LogP contribution in [0.25, 0.3) is 11.0 Å². The van der Waals surface area contributed by atoms with Gasteiger partial charge in [0.05, 0.1) is 6.61 Å². The van der Waals surface area contributed by atoms with Gasteiger partial charge in [-0.1, -0.05) is 16.9 Å². The fraction of sp³-hybridized carbons (Fsp3) is 0.222. The third kappa shape index (κ3) is 1.44. The fourth-order valence-corrected chi connectivity index (χ4v) is 1.12. The van der Waals surface area contributed by atoms with Crippen molar-refractivity contribution in [2.45, 2.75) is 6.92 Å². The van der Waals surface area contributed by atoms with Crippen molar-refractivity contribution in [2.75, 3.05) is 6.61 Å². The van der Waals surface area contributed by atoms with Gasteiger partial charge in [0, 0.05) is 0 Å². The second-order valence-corrected chi connectivity index (χ2v) is 2.68. The molecule has 0 radical (unpaired) electrons. The van der Waals surface area contributed by atoms with Crippen molar-refractivity contribution in [2.24, 2.45) is 0 Å². The van der Waals surface area contributed by atoms with Crippen molar-refractivity contribution in [1.82, 2.24) is 15.0 Å². The molecule has 0 aliphatic rings. The van der Waals surface area contributed by atoms with Crippen LogP contribution in [0.2, 0.25) is 0 Å². The van der Waals surface area contributed by atoms with Crippen LogP contribution in [0, 0.1) is 0 Å². The van der Waals surface area contributed by atoms with E-state index in [-0.39, 0.29) is 0 Å². The molecule has 1 heterocycles. The quantitative estimate of drug-likeness (QED) is 0.684. The van der Waals surface area contributed by atoms with Gasteiger partial charge in [-0.05, 0) is 19.1 Å². The van der Waals surface area contributed by atoms with Crippen LogP contribution in [0.5, 0.6) is 0 Å². The molecular weight excluding hydrogens is 182 g/mol. The summed E-state index contributed by atoms with van der Waals surface area (Å²) in [5, 5.41) is 7.92. The number of hydrogen-bond donors (Lipinski definition) is 0. The molecule has 1 aromatic carbocycles. The number of ether oxygens (including phenoxy) is 1. The summed E-state index contributed by atoms with van der Waals surface area (Å²) in [6, 6.07) is 7.26. The topological polar surface area (TPSA) is 57.0 Å². The van der Waals surface area contributed by atoms with Gasteiger partial charge in [0.25, 0.3) is 0 Å². The Morgan fingerprint density at radius 3 is 2.43 bits per heavy atom. The van der Waals surface area contributed by atoms with E-state index in [1.54, 1.807) is 19.1 Å². The smallest absolute Gasteiger partial charge is 0.447 e. The lowest BCUT2D eigenvalue weighted by molar-refractivity contribution is 0.146. The molecule has 0 aliphatic carbocycles. The maximum absolute atomic E-state index is 11.2. The zero-order valence-electron chi connectivity index (χ0n) is 7.67. The molecular formula is C9H9N3O2. The molecule has 0 N–H and O–H groups in total. The van der Waals surface area contributed by atoms with Gasteiger partial charge in [0.15, 0.2) is 0 Å². The normalized spacial score (nSPS) is 10.4. The first kappa shape index (κ1) is 8.68. The summed E-state index contributed by atoms with van der Waals surface area (Å²) in [5.41, 5.74) is 1.36. The summed E-state index contributed by atoms with van der Waals surface area (Å²) in [6.07, 6.45) is -0.552. The second-order valence-electron chi connectivity index (χ2n) is 2.68. The van der Waals surface area contributed by atoms with Gasteiger partial charge in [-0.15, -0.1) is 10.2 Å². The Kier molecular flexibility index (Phi) is 2.14. The third-order valence-corrected chi connectivity index (χ3v) is 1.72. The van der Waals surface area contributed by atoms with E-state index in [1.165, 1.54) is 0 Å². The molecule has 0 fully saturated rings. The van der Waals surface area contributed by atoms with Crippen LogP contribution in [0.1, 0.15) is 6.92 Å². The van der Waals surface area contributed by atoms with Crippen molar-refractivity contribution in [1.29, 1.82) is 0 Å². The van der Waals surface area contributed by atoms with Crippen molar-refractivity contribution in [3.05, 3.63) is 24.3 Å². The Balaban J connectivity index is 2.40. The summed E-state index contributed by atoms with van der Waals surface area (Å²) in [7, 11) is 0. The first-order valence-corrected chi connectivity index (χ1v) is 4.30. The number of carbonyl (C=O) groups is 1. The van der Waals surface area contributed by atoms with Gasteiger partial charge in [-0.25, -0.2) is 4.79 Å². The van der Waals surface area contributed by atoms with Crippen LogP contribution < -0.4 is 0 Å². The predicted molar refractivity (Wildman–Crippen MR) is 49.9 cm³/mol. The van der Waals surface area contributed by atoms with Crippen molar-refractivity contribution < 1.29 is 9.53 Å². The fourth-order valence-electron chi connectivity index (χ4n) is 1.12. The Morgan fingerprint density at radius 1 is 1.36 bits per heavy atom. The van der Waals surface area contributed by atoms with E-state index in [4.69, 9.17) is 4.74 Å². The molecule has 0 unspecified atom stereocenters. The van der Waals surface area contributed by atoms with Crippen LogP contribution in [-0.4, -0.2) is 27.7 Å². The van der Waals surface area contributed by atoms with Crippen LogP contribution in [0.3, 0.4) is 0 Å². The van der Waals surface area contributed by atoms with Crippen LogP contribution in [-0.2, 0) is 4.74 Å². The third-order valence-electron chi connectivity index (χ3n) is 1.72. The standard InChI is InChI=1S/C9H9N3O2/c1-2-14-9(13)12-10-7-5-3-4-6-8(7)11-12/h3-6H,2H2,1H3. The van der Waals surface area contributed by atoms with Gasteiger partial charge in [-0.3, -0.25) is 0 Å². The SMILES string of the molecule is CCOC(=O)n1nc2ccccc2n1. The highest BCUT2D eigenvalue weighted by Gasteiger charge is 2.09. The van der Waals surface area contributed by atoms with Crippen molar-refractivity contribution in [3.8, 4) is 0 Å². The van der Waals surface area contributed by atoms with Gasteiger partial charge in [0.1, 0.15) is 11.0 Å². The summed E-state index contributed by atoms with van der Waals surface area (Å²) < 4.78 is 4.76. The zero-order valence-corrected chi connectivity index (χ0v) is 7.67. The van der Waals surface area contributed by atoms with E-state index in [1.807, 2.05) is 12.1 Å². The number of carbonyl (C=O) groups excluding carboxylic acids is 1. The van der Waals surface area contributed by atoms with Crippen LogP contribution >= 0.6 is 0 Å². The highest BCUT2D eigenvalue weighted by Crippen LogP contribution is 2.06. The first-order valence-electron chi connectivity index (χ1n) is 4.30. The number of fused-ring (bicyclic) bond motifs is 1. The minimum Gasteiger partial charge on any atom is -0.447 e. The second kappa shape index (κ2) is 3.45. The molecule has 2 aromatic rings. The summed E-state index contributed by atoms with van der Waals surface area (Å²) in [4.78, 5) is 12.2. The molecule has 0 bridgehead atoms. The first-order chi connectivity index (χ1) is 6.81. The predicted octanol–water partition coefficient (Wildman–Crippen LogP) is 1.44. The Hall–Kier alpha value is -1.91. The van der Waals surface area contributed by atoms with Gasteiger partial charge in [-0.2, -0.15) is 0 Å². The molecule has 5 nitrogen and oxygen atoms in total. The van der Waals surface area contributed by atoms with E-state index in [2.05, 4.69) is 10.2 Å². The Bertz CT molecular complexity index is 431. The number of benzene rings is 1. The molecule has 0 spiro atoms. The lowest BCUT2D eigenvalue weighted by Gasteiger charge is -1.96. The van der Waals surface area contributed by atoms with E-state index in [9.17, 15) is 4.79 Å². The molecule has 0 amide bonds. The molecule has 14 heavy (non-hydrogen) atoms. The van der Waals surface area contributed by atoms with E-state index < -0.39 is 6.09 Å². The molecule has 0 atom stereocenters. The minimum absolute atomic E-state index is 0.316. The van der Waals surface area contributed by atoms with E-state index in [0.29, 0.717) is 17.6 Å². The lowest BCUT2D eigenvalue weighted by atomic mass is 10.3. The van der Waals surface area contributed by atoms with E-state index >= 15 is 0 Å². The van der Waals surface area contributed by atoms with E-state index in [0.717, 1.165) is 4.80 Å². The Labute approximate surface area is 80.3 Å². The number of hydrogen-bond acceptors (Lipinski definition) is 4. The van der Waals surface area contributed by atoms with Gasteiger partial charge >= 0.3 is 6.09 Å². The number of nitrogens with zero attached hydrogens (tertiary/aromatic N) is 3. The molecule has 0 saturated carbocycles. The highest BCUT2D eigenvalue weighted by molar-refractivity contribution is 5.77. The Morgan fingerprint density at radius 2 is 1.93 bits per heavy atom. The summed E-state index contributed by atoms with van der Waals surface area (Å²) >= 11 is 0. The minimum atomic E-state index is -0.552. The maximum Gasteiger partial charge on any atom is 0.452 e. The summed E-state index contributed by atoms with van der Waals surface area (Å²) in [6.45, 7) is 2.05. The average Bonchev–Trinajstić information content (AvgIpc) is 2.61. The molecule has 2 rings (SSSR count). The molecule has 72 valence electrons. The number of rotatable bonds is 1. The monoisotopic (exact) mass is 191 g/mol. The summed E-state index contributed by atoms with van der Waals surface area (Å²) in [5.74, 6) is 0. The van der Waals surface area contributed by atoms with Crippen LogP contribution in [0.4, 0.5) is 4.79 Å². The molecule has 5 heteroatoms.